The van der Waals surface area contributed by atoms with Crippen molar-refractivity contribution >= 4 is 5.91 Å². The van der Waals surface area contributed by atoms with E-state index in [9.17, 15) is 4.79 Å². The van der Waals surface area contributed by atoms with Crippen molar-refractivity contribution in [2.75, 3.05) is 0 Å². The fourth-order valence-corrected chi connectivity index (χ4v) is 3.39. The van der Waals surface area contributed by atoms with Crippen LogP contribution in [-0.2, 0) is 10.2 Å². The van der Waals surface area contributed by atoms with E-state index in [1.807, 2.05) is 23.7 Å². The molecule has 1 fully saturated rings. The van der Waals surface area contributed by atoms with Gasteiger partial charge in [-0.05, 0) is 24.3 Å². The van der Waals surface area contributed by atoms with Crippen LogP contribution in [0.4, 0.5) is 0 Å². The molecule has 3 nitrogen and oxygen atoms in total. The summed E-state index contributed by atoms with van der Waals surface area (Å²) in [5.74, 6) is 0.0584. The van der Waals surface area contributed by atoms with Gasteiger partial charge in [0.1, 0.15) is 0 Å². The number of hydrogen-bond acceptors (Lipinski definition) is 2. The van der Waals surface area contributed by atoms with E-state index in [2.05, 4.69) is 24.3 Å². The van der Waals surface area contributed by atoms with Crippen molar-refractivity contribution in [1.82, 2.24) is 5.48 Å². The first-order valence-electron chi connectivity index (χ1n) is 5.95. The van der Waals surface area contributed by atoms with E-state index in [-0.39, 0.29) is 17.2 Å². The Balaban J connectivity index is 2.05. The molecule has 0 spiro atoms. The van der Waals surface area contributed by atoms with Crippen molar-refractivity contribution in [3.05, 3.63) is 48.0 Å². The summed E-state index contributed by atoms with van der Waals surface area (Å²) < 4.78 is 0. The number of fused-ring (bicyclic) bond motifs is 2. The van der Waals surface area contributed by atoms with Gasteiger partial charge >= 0.3 is 0 Å². The van der Waals surface area contributed by atoms with Crippen LogP contribution in [0, 0.1) is 11.8 Å². The first-order chi connectivity index (χ1) is 8.26. The number of amides is 1. The van der Waals surface area contributed by atoms with E-state index in [0.29, 0.717) is 5.92 Å². The molecule has 1 aromatic carbocycles. The second-order valence-corrected chi connectivity index (χ2v) is 4.99. The maximum atomic E-state index is 11.8. The molecule has 2 aliphatic carbocycles. The third-order valence-corrected chi connectivity index (χ3v) is 4.16. The molecule has 2 aliphatic rings. The van der Waals surface area contributed by atoms with Gasteiger partial charge in [0.05, 0.1) is 5.92 Å². The molecule has 1 saturated carbocycles. The van der Waals surface area contributed by atoms with Gasteiger partial charge in [-0.1, -0.05) is 42.5 Å². The van der Waals surface area contributed by atoms with Crippen molar-refractivity contribution in [2.24, 2.45) is 11.8 Å². The Morgan fingerprint density at radius 1 is 1.35 bits per heavy atom. The number of nitrogens with one attached hydrogen (secondary N) is 1. The fraction of sp³-hybridized carbons (Fsp3) is 0.357. The number of hydroxylamine groups is 1. The van der Waals surface area contributed by atoms with Gasteiger partial charge in [0.25, 0.3) is 0 Å². The summed E-state index contributed by atoms with van der Waals surface area (Å²) in [4.78, 5) is 11.8. The lowest BCUT2D eigenvalue weighted by Crippen LogP contribution is -2.39. The van der Waals surface area contributed by atoms with Crippen LogP contribution < -0.4 is 5.48 Å². The minimum atomic E-state index is -0.263. The highest BCUT2D eigenvalue weighted by atomic mass is 16.5. The number of allylic oxidation sites excluding steroid dienone is 2. The molecule has 0 aromatic heterocycles. The third kappa shape index (κ3) is 1.42. The first kappa shape index (κ1) is 10.5. The van der Waals surface area contributed by atoms with E-state index in [4.69, 9.17) is 5.21 Å². The molecule has 0 heterocycles. The Kier molecular flexibility index (Phi) is 2.30. The molecule has 1 aromatic rings. The van der Waals surface area contributed by atoms with Crippen LogP contribution in [0.2, 0.25) is 0 Å². The van der Waals surface area contributed by atoms with Crippen LogP contribution in [0.15, 0.2) is 42.5 Å². The summed E-state index contributed by atoms with van der Waals surface area (Å²) in [5.41, 5.74) is 2.78. The van der Waals surface area contributed by atoms with Crippen molar-refractivity contribution in [3.63, 3.8) is 0 Å². The van der Waals surface area contributed by atoms with Gasteiger partial charge in [-0.2, -0.15) is 0 Å². The van der Waals surface area contributed by atoms with Gasteiger partial charge in [0.15, 0.2) is 0 Å². The standard InChI is InChI=1S/C14H15NO2/c16-13(15-17)12-8-10-6-7-14(12,9-10)11-4-2-1-3-5-11/h1-7,10,12,17H,8-9H2,(H,15,16). The average molecular weight is 229 g/mol. The van der Waals surface area contributed by atoms with Crippen LogP contribution in [0.5, 0.6) is 0 Å². The third-order valence-electron chi connectivity index (χ3n) is 4.16. The Morgan fingerprint density at radius 3 is 2.76 bits per heavy atom. The zero-order chi connectivity index (χ0) is 11.9. The van der Waals surface area contributed by atoms with Crippen molar-refractivity contribution in [3.8, 4) is 0 Å². The molecule has 0 saturated heterocycles. The Labute approximate surface area is 100 Å². The van der Waals surface area contributed by atoms with E-state index in [1.54, 1.807) is 0 Å². The lowest BCUT2D eigenvalue weighted by atomic mass is 9.72. The fourth-order valence-electron chi connectivity index (χ4n) is 3.39. The smallest absolute Gasteiger partial charge is 0.247 e. The van der Waals surface area contributed by atoms with E-state index in [0.717, 1.165) is 12.8 Å². The Hall–Kier alpha value is -1.61. The molecule has 17 heavy (non-hydrogen) atoms. The largest absolute Gasteiger partial charge is 0.289 e. The summed E-state index contributed by atoms with van der Waals surface area (Å²) in [6.07, 6.45) is 6.16. The summed E-state index contributed by atoms with van der Waals surface area (Å²) in [7, 11) is 0. The number of rotatable bonds is 2. The van der Waals surface area contributed by atoms with Gasteiger partial charge in [-0.3, -0.25) is 10.0 Å². The van der Waals surface area contributed by atoms with E-state index < -0.39 is 0 Å². The summed E-state index contributed by atoms with van der Waals surface area (Å²) in [5, 5.41) is 8.86. The predicted octanol–water partition coefficient (Wildman–Crippen LogP) is 2.03. The van der Waals surface area contributed by atoms with Crippen molar-refractivity contribution in [2.45, 2.75) is 18.3 Å². The summed E-state index contributed by atoms with van der Waals surface area (Å²) in [6.45, 7) is 0. The quantitative estimate of drug-likeness (QED) is 0.463. The molecule has 3 unspecified atom stereocenters. The number of carbonyl (C=O) groups excluding carboxylic acids is 1. The predicted molar refractivity (Wildman–Crippen MR) is 63.4 cm³/mol. The monoisotopic (exact) mass is 229 g/mol. The zero-order valence-corrected chi connectivity index (χ0v) is 9.47. The van der Waals surface area contributed by atoms with Crippen LogP contribution in [0.3, 0.4) is 0 Å². The maximum absolute atomic E-state index is 11.8. The normalized spacial score (nSPS) is 33.9. The highest BCUT2D eigenvalue weighted by Gasteiger charge is 2.52. The molecule has 0 radical (unpaired) electrons. The van der Waals surface area contributed by atoms with Crippen LogP contribution in [-0.4, -0.2) is 11.1 Å². The molecule has 2 bridgehead atoms. The number of hydrogen-bond donors (Lipinski definition) is 2. The summed E-state index contributed by atoms with van der Waals surface area (Å²) in [6, 6.07) is 10.1. The molecule has 0 aliphatic heterocycles. The van der Waals surface area contributed by atoms with Crippen molar-refractivity contribution < 1.29 is 10.0 Å². The lowest BCUT2D eigenvalue weighted by molar-refractivity contribution is -0.134. The minimum Gasteiger partial charge on any atom is -0.289 e. The van der Waals surface area contributed by atoms with Crippen LogP contribution >= 0.6 is 0 Å². The maximum Gasteiger partial charge on any atom is 0.247 e. The Morgan fingerprint density at radius 2 is 2.12 bits per heavy atom. The van der Waals surface area contributed by atoms with Gasteiger partial charge in [-0.25, -0.2) is 5.48 Å². The average Bonchev–Trinajstić information content (AvgIpc) is 2.98. The van der Waals surface area contributed by atoms with Crippen LogP contribution in [0.25, 0.3) is 0 Å². The van der Waals surface area contributed by atoms with Gasteiger partial charge < -0.3 is 0 Å². The molecule has 88 valence electrons. The molecule has 3 heteroatoms. The Bertz CT molecular complexity index is 468. The molecule has 1 amide bonds. The molecule has 3 atom stereocenters. The van der Waals surface area contributed by atoms with Crippen LogP contribution in [0.1, 0.15) is 18.4 Å². The van der Waals surface area contributed by atoms with Crippen molar-refractivity contribution in [1.29, 1.82) is 0 Å². The summed E-state index contributed by atoms with van der Waals surface area (Å²) >= 11 is 0. The zero-order valence-electron chi connectivity index (χ0n) is 9.47. The lowest BCUT2D eigenvalue weighted by Gasteiger charge is -2.31. The topological polar surface area (TPSA) is 49.3 Å². The first-order valence-corrected chi connectivity index (χ1v) is 5.95. The number of carbonyl (C=O) groups is 1. The molecular formula is C14H15NO2. The highest BCUT2D eigenvalue weighted by molar-refractivity contribution is 5.81. The number of benzene rings is 1. The second-order valence-electron chi connectivity index (χ2n) is 4.99. The molecule has 2 N–H and O–H groups in total. The van der Waals surface area contributed by atoms with E-state index in [1.165, 1.54) is 5.56 Å². The van der Waals surface area contributed by atoms with Gasteiger partial charge in [-0.15, -0.1) is 0 Å². The molecule has 3 rings (SSSR count). The van der Waals surface area contributed by atoms with E-state index >= 15 is 0 Å². The molecular weight excluding hydrogens is 214 g/mol. The minimum absolute atomic E-state index is 0.148. The SMILES string of the molecule is O=C(NO)C1CC2C=CC1(c1ccccc1)C2. The highest BCUT2D eigenvalue weighted by Crippen LogP contribution is 2.54. The van der Waals surface area contributed by atoms with Gasteiger partial charge in [0, 0.05) is 5.41 Å². The van der Waals surface area contributed by atoms with Gasteiger partial charge in [0.2, 0.25) is 5.91 Å². The second kappa shape index (κ2) is 3.70.